The first-order valence-electron chi connectivity index (χ1n) is 15.1. The largest absolute Gasteiger partial charge is 0.379 e. The fourth-order valence-corrected chi connectivity index (χ4v) is 3.27. The van der Waals surface area contributed by atoms with Crippen molar-refractivity contribution in [2.75, 3.05) is 79.3 Å². The van der Waals surface area contributed by atoms with Crippen molar-refractivity contribution in [3.63, 3.8) is 0 Å². The lowest BCUT2D eigenvalue weighted by atomic mass is 10.3. The van der Waals surface area contributed by atoms with E-state index in [1.54, 1.807) is 0 Å². The average Bonchev–Trinajstić information content (AvgIpc) is 2.86. The molecule has 2 atom stereocenters. The van der Waals surface area contributed by atoms with Crippen LogP contribution in [0.5, 0.6) is 0 Å². The van der Waals surface area contributed by atoms with Gasteiger partial charge in [0.25, 0.3) is 0 Å². The number of hydrogen-bond donors (Lipinski definition) is 0. The van der Waals surface area contributed by atoms with E-state index in [0.29, 0.717) is 79.3 Å². The Balaban J connectivity index is 4.54. The Labute approximate surface area is 239 Å². The minimum Gasteiger partial charge on any atom is -0.379 e. The van der Waals surface area contributed by atoms with Crippen molar-refractivity contribution in [2.45, 2.75) is 118 Å². The highest BCUT2D eigenvalue weighted by atomic mass is 16.6. The molecule has 0 aliphatic rings. The zero-order chi connectivity index (χ0) is 29.1. The molecule has 0 aromatic carbocycles. The molecule has 0 aliphatic heterocycles. The van der Waals surface area contributed by atoms with Gasteiger partial charge in [-0.25, -0.2) is 0 Å². The molecule has 0 saturated carbocycles. The normalized spacial score (nSPS) is 13.8. The SMILES string of the molecule is CC(C)OCCCOCC(COCC(COCCCOC(C)C)OCCCOC(C)C)OCCCOC(C)C. The van der Waals surface area contributed by atoms with Gasteiger partial charge in [0.15, 0.2) is 0 Å². The molecule has 0 fully saturated rings. The van der Waals surface area contributed by atoms with Gasteiger partial charge in [-0.05, 0) is 81.1 Å². The summed E-state index contributed by atoms with van der Waals surface area (Å²) in [4.78, 5) is 0. The molecule has 9 heteroatoms. The van der Waals surface area contributed by atoms with Crippen molar-refractivity contribution in [1.82, 2.24) is 0 Å². The van der Waals surface area contributed by atoms with Crippen LogP contribution in [0.25, 0.3) is 0 Å². The quantitative estimate of drug-likeness (QED) is 0.111. The first-order valence-corrected chi connectivity index (χ1v) is 15.1. The second-order valence-corrected chi connectivity index (χ2v) is 10.8. The van der Waals surface area contributed by atoms with E-state index in [1.165, 1.54) is 0 Å². The van der Waals surface area contributed by atoms with Crippen molar-refractivity contribution in [1.29, 1.82) is 0 Å². The highest BCUT2D eigenvalue weighted by Gasteiger charge is 2.15. The molecule has 9 nitrogen and oxygen atoms in total. The zero-order valence-corrected chi connectivity index (χ0v) is 26.5. The molecule has 0 bridgehead atoms. The Bertz CT molecular complexity index is 447. The average molecular weight is 567 g/mol. The van der Waals surface area contributed by atoms with Gasteiger partial charge in [0, 0.05) is 52.9 Å². The van der Waals surface area contributed by atoms with Gasteiger partial charge in [-0.3, -0.25) is 0 Å². The Hall–Kier alpha value is -0.360. The van der Waals surface area contributed by atoms with Crippen LogP contribution in [-0.4, -0.2) is 116 Å². The van der Waals surface area contributed by atoms with Crippen LogP contribution >= 0.6 is 0 Å². The van der Waals surface area contributed by atoms with Gasteiger partial charge in [-0.1, -0.05) is 0 Å². The van der Waals surface area contributed by atoms with E-state index in [4.69, 9.17) is 42.6 Å². The fraction of sp³-hybridized carbons (Fsp3) is 1.00. The van der Waals surface area contributed by atoms with Crippen LogP contribution in [0.2, 0.25) is 0 Å². The van der Waals surface area contributed by atoms with Crippen LogP contribution in [0, 0.1) is 0 Å². The fourth-order valence-electron chi connectivity index (χ4n) is 3.27. The van der Waals surface area contributed by atoms with Crippen LogP contribution in [-0.2, 0) is 42.6 Å². The maximum absolute atomic E-state index is 6.07. The lowest BCUT2D eigenvalue weighted by Crippen LogP contribution is -2.32. The monoisotopic (exact) mass is 566 g/mol. The second kappa shape index (κ2) is 27.8. The third-order valence-electron chi connectivity index (χ3n) is 5.17. The molecule has 0 saturated heterocycles. The van der Waals surface area contributed by atoms with Gasteiger partial charge >= 0.3 is 0 Å². The summed E-state index contributed by atoms with van der Waals surface area (Å²) in [6.07, 6.45) is 3.95. The van der Waals surface area contributed by atoms with E-state index in [9.17, 15) is 0 Å². The molecule has 0 heterocycles. The maximum Gasteiger partial charge on any atom is 0.104 e. The van der Waals surface area contributed by atoms with Gasteiger partial charge in [-0.15, -0.1) is 0 Å². The smallest absolute Gasteiger partial charge is 0.104 e. The highest BCUT2D eigenvalue weighted by molar-refractivity contribution is 4.61. The predicted octanol–water partition coefficient (Wildman–Crippen LogP) is 5.07. The Morgan fingerprint density at radius 3 is 0.872 bits per heavy atom. The number of hydrogen-bond acceptors (Lipinski definition) is 9. The molecule has 0 rings (SSSR count). The Kier molecular flexibility index (Phi) is 27.5. The zero-order valence-electron chi connectivity index (χ0n) is 26.5. The molecule has 39 heavy (non-hydrogen) atoms. The molecule has 0 spiro atoms. The van der Waals surface area contributed by atoms with Crippen LogP contribution < -0.4 is 0 Å². The molecule has 2 unspecified atom stereocenters. The van der Waals surface area contributed by atoms with Gasteiger partial charge < -0.3 is 42.6 Å². The first kappa shape index (κ1) is 38.6. The van der Waals surface area contributed by atoms with Crippen molar-refractivity contribution in [2.24, 2.45) is 0 Å². The van der Waals surface area contributed by atoms with E-state index in [-0.39, 0.29) is 36.6 Å². The summed E-state index contributed by atoms with van der Waals surface area (Å²) in [6.45, 7) is 23.2. The van der Waals surface area contributed by atoms with Crippen LogP contribution in [0.3, 0.4) is 0 Å². The Morgan fingerprint density at radius 2 is 0.564 bits per heavy atom. The van der Waals surface area contributed by atoms with Crippen molar-refractivity contribution < 1.29 is 42.6 Å². The van der Waals surface area contributed by atoms with E-state index in [1.807, 2.05) is 55.4 Å². The molecule has 0 radical (unpaired) electrons. The van der Waals surface area contributed by atoms with Gasteiger partial charge in [0.05, 0.1) is 50.8 Å². The van der Waals surface area contributed by atoms with Crippen molar-refractivity contribution in [3.05, 3.63) is 0 Å². The maximum atomic E-state index is 6.07. The molecule has 0 aliphatic carbocycles. The molecule has 236 valence electrons. The summed E-state index contributed by atoms with van der Waals surface area (Å²) in [5.74, 6) is 0. The Morgan fingerprint density at radius 1 is 0.308 bits per heavy atom. The van der Waals surface area contributed by atoms with E-state index >= 15 is 0 Å². The molecule has 0 aromatic heterocycles. The summed E-state index contributed by atoms with van der Waals surface area (Å²) in [5.41, 5.74) is 0. The van der Waals surface area contributed by atoms with Crippen LogP contribution in [0.15, 0.2) is 0 Å². The number of rotatable bonds is 30. The summed E-state index contributed by atoms with van der Waals surface area (Å²) < 4.78 is 52.3. The van der Waals surface area contributed by atoms with Crippen molar-refractivity contribution >= 4 is 0 Å². The topological polar surface area (TPSA) is 83.1 Å². The van der Waals surface area contributed by atoms with E-state index in [2.05, 4.69) is 0 Å². The lowest BCUT2D eigenvalue weighted by Gasteiger charge is -2.22. The molecule has 0 N–H and O–H groups in total. The third kappa shape index (κ3) is 30.4. The first-order chi connectivity index (χ1) is 18.7. The lowest BCUT2D eigenvalue weighted by molar-refractivity contribution is -0.0999. The standard InChI is InChI=1S/C30H62O9/c1-25(2)34-15-9-13-31-21-29(38-19-11-17-36-27(5)6)23-33-24-30(39-20-12-18-37-28(7)8)22-32-14-10-16-35-26(3)4/h25-30H,9-24H2,1-8H3. The molecule has 0 amide bonds. The minimum absolute atomic E-state index is 0.163. The summed E-state index contributed by atoms with van der Waals surface area (Å²) in [7, 11) is 0. The number of ether oxygens (including phenoxy) is 9. The molecular weight excluding hydrogens is 504 g/mol. The molecule has 0 aromatic rings. The molecular formula is C30H62O9. The van der Waals surface area contributed by atoms with Crippen LogP contribution in [0.1, 0.15) is 81.1 Å². The van der Waals surface area contributed by atoms with Gasteiger partial charge in [0.2, 0.25) is 0 Å². The van der Waals surface area contributed by atoms with Gasteiger partial charge in [-0.2, -0.15) is 0 Å². The van der Waals surface area contributed by atoms with Crippen molar-refractivity contribution in [3.8, 4) is 0 Å². The van der Waals surface area contributed by atoms with E-state index < -0.39 is 0 Å². The predicted molar refractivity (Wildman–Crippen MR) is 155 cm³/mol. The third-order valence-corrected chi connectivity index (χ3v) is 5.17. The second-order valence-electron chi connectivity index (χ2n) is 10.8. The van der Waals surface area contributed by atoms with E-state index in [0.717, 1.165) is 25.7 Å². The minimum atomic E-state index is -0.163. The summed E-state index contributed by atoms with van der Waals surface area (Å²) in [6, 6.07) is 0. The highest BCUT2D eigenvalue weighted by Crippen LogP contribution is 2.04. The summed E-state index contributed by atoms with van der Waals surface area (Å²) in [5, 5.41) is 0. The van der Waals surface area contributed by atoms with Gasteiger partial charge in [0.1, 0.15) is 12.2 Å². The summed E-state index contributed by atoms with van der Waals surface area (Å²) >= 11 is 0. The van der Waals surface area contributed by atoms with Crippen LogP contribution in [0.4, 0.5) is 0 Å².